The summed E-state index contributed by atoms with van der Waals surface area (Å²) in [5.74, 6) is -0.170. The summed E-state index contributed by atoms with van der Waals surface area (Å²) in [4.78, 5) is 30.0. The maximum absolute atomic E-state index is 13.9. The van der Waals surface area contributed by atoms with Crippen molar-refractivity contribution in [3.8, 4) is 5.75 Å². The molecule has 2 aromatic rings. The van der Waals surface area contributed by atoms with Gasteiger partial charge in [-0.2, -0.15) is 13.2 Å². The van der Waals surface area contributed by atoms with E-state index in [0.717, 1.165) is 25.7 Å². The third kappa shape index (κ3) is 6.47. The van der Waals surface area contributed by atoms with Crippen molar-refractivity contribution in [3.05, 3.63) is 41.5 Å². The van der Waals surface area contributed by atoms with Gasteiger partial charge in [-0.05, 0) is 67.0 Å². The first-order valence-corrected chi connectivity index (χ1v) is 12.4. The molecule has 10 heteroatoms. The molecule has 0 bridgehead atoms. The van der Waals surface area contributed by atoms with Crippen LogP contribution in [0.4, 0.5) is 13.2 Å². The van der Waals surface area contributed by atoms with Gasteiger partial charge in [0.2, 0.25) is 0 Å². The molecule has 0 unspecified atom stereocenters. The number of benzene rings is 2. The molecule has 32 heavy (non-hydrogen) atoms. The molecule has 1 saturated carbocycles. The molecule has 0 spiro atoms. The van der Waals surface area contributed by atoms with E-state index in [-0.39, 0.29) is 47.3 Å². The fourth-order valence-corrected chi connectivity index (χ4v) is 4.53. The van der Waals surface area contributed by atoms with Crippen LogP contribution in [0.3, 0.4) is 0 Å². The van der Waals surface area contributed by atoms with Crippen LogP contribution in [-0.2, 0) is 10.7 Å². The Kier molecular flexibility index (Phi) is 7.53. The lowest BCUT2D eigenvalue weighted by molar-refractivity contribution is -0.138. The van der Waals surface area contributed by atoms with Gasteiger partial charge in [-0.3, -0.25) is 9.36 Å². The summed E-state index contributed by atoms with van der Waals surface area (Å²) in [6.45, 7) is 2.17. The highest BCUT2D eigenvalue weighted by atomic mass is 31.2. The van der Waals surface area contributed by atoms with Gasteiger partial charge in [-0.25, -0.2) is 0 Å². The van der Waals surface area contributed by atoms with Crippen LogP contribution in [0.1, 0.15) is 54.9 Å². The molecule has 1 aliphatic carbocycles. The average Bonchev–Trinajstić information content (AvgIpc) is 2.70. The number of halogens is 3. The lowest BCUT2D eigenvalue weighted by atomic mass is 9.89. The largest absolute Gasteiger partial charge is 0.490 e. The van der Waals surface area contributed by atoms with Crippen molar-refractivity contribution in [2.24, 2.45) is 5.92 Å². The molecule has 176 valence electrons. The smallest absolute Gasteiger partial charge is 0.420 e. The van der Waals surface area contributed by atoms with Crippen molar-refractivity contribution < 1.29 is 37.1 Å². The second kappa shape index (κ2) is 9.81. The van der Waals surface area contributed by atoms with E-state index in [1.807, 2.05) is 0 Å². The number of carbonyl (C=O) groups is 1. The zero-order chi connectivity index (χ0) is 23.5. The van der Waals surface area contributed by atoms with E-state index in [4.69, 9.17) is 14.5 Å². The Hall–Kier alpha value is -2.09. The average molecular weight is 473 g/mol. The molecule has 3 rings (SSSR count). The van der Waals surface area contributed by atoms with Crippen LogP contribution < -0.4 is 10.1 Å². The fourth-order valence-electron chi connectivity index (χ4n) is 3.96. The van der Waals surface area contributed by atoms with Crippen LogP contribution in [0.25, 0.3) is 10.8 Å². The summed E-state index contributed by atoms with van der Waals surface area (Å²) in [5.41, 5.74) is -0.682. The minimum atomic E-state index is -4.62. The Bertz CT molecular complexity index is 1010. The Morgan fingerprint density at radius 2 is 1.84 bits per heavy atom. The number of carbonyl (C=O) groups excluding carboxylic acids is 1. The number of fused-ring (bicyclic) bond motifs is 1. The fraction of sp³-hybridized carbons (Fsp3) is 0.500. The molecule has 0 aliphatic heterocycles. The van der Waals surface area contributed by atoms with Crippen LogP contribution in [0.15, 0.2) is 30.3 Å². The molecular weight excluding hydrogens is 446 g/mol. The monoisotopic (exact) mass is 473 g/mol. The van der Waals surface area contributed by atoms with E-state index in [1.54, 1.807) is 0 Å². The Labute approximate surface area is 184 Å². The van der Waals surface area contributed by atoms with Gasteiger partial charge >= 0.3 is 13.8 Å². The number of nitrogens with one attached hydrogen (secondary N) is 1. The summed E-state index contributed by atoms with van der Waals surface area (Å²) < 4.78 is 58.4. The molecule has 0 heterocycles. The standard InChI is InChI=1S/C22H27F3NO5P/c1-14-3-7-17(8-4-14)31-19-10-6-15-13-16(5-9-18(15)20(19)22(23,24)25)21(27)26-11-2-12-32(28,29)30/h5-6,9-10,13-14,17H,2-4,7-8,11-12H2,1H3,(H,26,27)(H2,28,29,30). The lowest BCUT2D eigenvalue weighted by Crippen LogP contribution is -2.25. The van der Waals surface area contributed by atoms with Crippen molar-refractivity contribution in [1.29, 1.82) is 0 Å². The summed E-state index contributed by atoms with van der Waals surface area (Å²) in [7, 11) is -4.14. The summed E-state index contributed by atoms with van der Waals surface area (Å²) in [5, 5.41) is 2.73. The van der Waals surface area contributed by atoms with Crippen molar-refractivity contribution in [3.63, 3.8) is 0 Å². The zero-order valence-electron chi connectivity index (χ0n) is 17.7. The van der Waals surface area contributed by atoms with Gasteiger partial charge in [-0.15, -0.1) is 0 Å². The summed E-state index contributed by atoms with van der Waals surface area (Å²) in [6, 6.07) is 6.76. The zero-order valence-corrected chi connectivity index (χ0v) is 18.6. The molecule has 3 N–H and O–H groups in total. The van der Waals surface area contributed by atoms with E-state index in [1.165, 1.54) is 30.3 Å². The van der Waals surface area contributed by atoms with Crippen molar-refractivity contribution in [2.45, 2.75) is 51.3 Å². The molecule has 2 aromatic carbocycles. The van der Waals surface area contributed by atoms with Crippen LogP contribution in [-0.4, -0.2) is 34.5 Å². The van der Waals surface area contributed by atoms with Gasteiger partial charge in [0.15, 0.2) is 0 Å². The Balaban J connectivity index is 1.81. The van der Waals surface area contributed by atoms with Crippen molar-refractivity contribution in [1.82, 2.24) is 5.32 Å². The highest BCUT2D eigenvalue weighted by molar-refractivity contribution is 7.51. The van der Waals surface area contributed by atoms with Crippen LogP contribution >= 0.6 is 7.60 Å². The highest BCUT2D eigenvalue weighted by Gasteiger charge is 2.37. The molecule has 6 nitrogen and oxygen atoms in total. The van der Waals surface area contributed by atoms with Gasteiger partial charge < -0.3 is 19.8 Å². The molecule has 1 amide bonds. The number of rotatable bonds is 7. The molecule has 1 fully saturated rings. The van der Waals surface area contributed by atoms with E-state index in [9.17, 15) is 22.5 Å². The van der Waals surface area contributed by atoms with Gasteiger partial charge in [-0.1, -0.05) is 19.1 Å². The summed E-state index contributed by atoms with van der Waals surface area (Å²) in [6.07, 6.45) is -1.86. The van der Waals surface area contributed by atoms with E-state index >= 15 is 0 Å². The predicted octanol–water partition coefficient (Wildman–Crippen LogP) is 5.11. The van der Waals surface area contributed by atoms with Crippen molar-refractivity contribution >= 4 is 24.3 Å². The van der Waals surface area contributed by atoms with Gasteiger partial charge in [0.05, 0.1) is 12.3 Å². The minimum Gasteiger partial charge on any atom is -0.490 e. The van der Waals surface area contributed by atoms with E-state index in [0.29, 0.717) is 5.92 Å². The first kappa shape index (κ1) is 24.6. The minimum absolute atomic E-state index is 0.0442. The molecule has 1 aliphatic rings. The normalized spacial score (nSPS) is 19.7. The molecule has 0 saturated heterocycles. The van der Waals surface area contributed by atoms with E-state index < -0.39 is 25.2 Å². The quantitative estimate of drug-likeness (QED) is 0.384. The highest BCUT2D eigenvalue weighted by Crippen LogP contribution is 2.42. The second-order valence-electron chi connectivity index (χ2n) is 8.37. The van der Waals surface area contributed by atoms with Gasteiger partial charge in [0.1, 0.15) is 11.3 Å². The third-order valence-electron chi connectivity index (χ3n) is 5.70. The molecule has 0 atom stereocenters. The number of hydrogen-bond acceptors (Lipinski definition) is 3. The lowest BCUT2D eigenvalue weighted by Gasteiger charge is -2.28. The summed E-state index contributed by atoms with van der Waals surface area (Å²) >= 11 is 0. The SMILES string of the molecule is CC1CCC(Oc2ccc3cc(C(=O)NCCCP(=O)(O)O)ccc3c2C(F)(F)F)CC1. The van der Waals surface area contributed by atoms with Crippen LogP contribution in [0, 0.1) is 5.92 Å². The predicted molar refractivity (Wildman–Crippen MR) is 115 cm³/mol. The first-order valence-electron chi connectivity index (χ1n) is 10.6. The maximum atomic E-state index is 13.9. The maximum Gasteiger partial charge on any atom is 0.420 e. The Morgan fingerprint density at radius 1 is 1.16 bits per heavy atom. The molecule has 0 radical (unpaired) electrons. The molecular formula is C22H27F3NO5P. The first-order chi connectivity index (χ1) is 14.9. The third-order valence-corrected chi connectivity index (χ3v) is 6.59. The number of alkyl halides is 3. The van der Waals surface area contributed by atoms with Gasteiger partial charge in [0, 0.05) is 12.1 Å². The topological polar surface area (TPSA) is 95.9 Å². The Morgan fingerprint density at radius 3 is 2.47 bits per heavy atom. The number of ether oxygens (including phenoxy) is 1. The number of hydrogen-bond donors (Lipinski definition) is 3. The number of amides is 1. The van der Waals surface area contributed by atoms with Crippen LogP contribution in [0.2, 0.25) is 0 Å². The second-order valence-corrected chi connectivity index (χ2v) is 10.1. The van der Waals surface area contributed by atoms with Crippen molar-refractivity contribution in [2.75, 3.05) is 12.7 Å². The van der Waals surface area contributed by atoms with Gasteiger partial charge in [0.25, 0.3) is 5.91 Å². The molecule has 0 aromatic heterocycles. The van der Waals surface area contributed by atoms with Crippen LogP contribution in [0.5, 0.6) is 5.75 Å². The van der Waals surface area contributed by atoms with E-state index in [2.05, 4.69) is 12.2 Å².